The van der Waals surface area contributed by atoms with Crippen molar-refractivity contribution in [2.24, 2.45) is 0 Å². The fourth-order valence-corrected chi connectivity index (χ4v) is 4.50. The van der Waals surface area contributed by atoms with E-state index in [0.29, 0.717) is 18.1 Å². The molecule has 0 saturated heterocycles. The fourth-order valence-electron chi connectivity index (χ4n) is 4.28. The first-order chi connectivity index (χ1) is 15.5. The highest BCUT2D eigenvalue weighted by molar-refractivity contribution is 6.30. The third-order valence-corrected chi connectivity index (χ3v) is 6.18. The monoisotopic (exact) mass is 457 g/mol. The smallest absolute Gasteiger partial charge is 0.322 e. The van der Waals surface area contributed by atoms with Crippen LogP contribution < -0.4 is 5.32 Å². The van der Waals surface area contributed by atoms with Gasteiger partial charge in [0.05, 0.1) is 6.54 Å². The third kappa shape index (κ3) is 5.49. The van der Waals surface area contributed by atoms with Crippen molar-refractivity contribution in [2.75, 3.05) is 5.32 Å². The molecule has 4 nitrogen and oxygen atoms in total. The lowest BCUT2D eigenvalue weighted by Crippen LogP contribution is -2.43. The quantitative estimate of drug-likeness (QED) is 0.432. The zero-order chi connectivity index (χ0) is 22.5. The summed E-state index contributed by atoms with van der Waals surface area (Å²) in [6.07, 6.45) is 7.16. The minimum Gasteiger partial charge on any atom is -0.345 e. The second-order valence-electron chi connectivity index (χ2n) is 8.24. The van der Waals surface area contributed by atoms with Crippen molar-refractivity contribution in [3.8, 4) is 0 Å². The van der Waals surface area contributed by atoms with Crippen molar-refractivity contribution in [1.82, 2.24) is 9.47 Å². The summed E-state index contributed by atoms with van der Waals surface area (Å²) >= 11 is 6.13. The van der Waals surface area contributed by atoms with Gasteiger partial charge in [0.25, 0.3) is 0 Å². The highest BCUT2D eigenvalue weighted by Gasteiger charge is 2.26. The van der Waals surface area contributed by atoms with Gasteiger partial charge in [-0.25, -0.2) is 13.6 Å². The first-order valence-electron chi connectivity index (χ1n) is 10.9. The number of nitrogens with one attached hydrogen (secondary N) is 1. The Hall–Kier alpha value is -2.86. The number of hydrogen-bond acceptors (Lipinski definition) is 1. The molecule has 2 aromatic carbocycles. The van der Waals surface area contributed by atoms with E-state index in [-0.39, 0.29) is 17.8 Å². The molecule has 1 fully saturated rings. The highest BCUT2D eigenvalue weighted by Crippen LogP contribution is 2.26. The molecule has 0 bridgehead atoms. The molecule has 0 spiro atoms. The minimum atomic E-state index is -0.984. The summed E-state index contributed by atoms with van der Waals surface area (Å²) < 4.78 is 29.0. The predicted molar refractivity (Wildman–Crippen MR) is 123 cm³/mol. The van der Waals surface area contributed by atoms with Crippen LogP contribution in [-0.2, 0) is 13.1 Å². The zero-order valence-electron chi connectivity index (χ0n) is 17.7. The number of halogens is 3. The number of rotatable bonds is 6. The summed E-state index contributed by atoms with van der Waals surface area (Å²) in [6.45, 7) is 1.07. The molecule has 168 valence electrons. The van der Waals surface area contributed by atoms with E-state index in [0.717, 1.165) is 49.1 Å². The number of hydrogen-bond donors (Lipinski definition) is 1. The van der Waals surface area contributed by atoms with Gasteiger partial charge >= 0.3 is 6.03 Å². The second-order valence-corrected chi connectivity index (χ2v) is 8.67. The number of carbonyl (C=O) groups excluding carboxylic acids is 1. The number of urea groups is 1. The largest absolute Gasteiger partial charge is 0.345 e. The molecule has 1 aliphatic carbocycles. The molecule has 0 aliphatic heterocycles. The van der Waals surface area contributed by atoms with Crippen LogP contribution in [0, 0.1) is 11.6 Å². The Morgan fingerprint density at radius 1 is 1.03 bits per heavy atom. The lowest BCUT2D eigenvalue weighted by atomic mass is 9.94. The van der Waals surface area contributed by atoms with E-state index in [2.05, 4.69) is 9.88 Å². The molecule has 4 rings (SSSR count). The molecule has 2 amide bonds. The molecule has 1 aromatic heterocycles. The van der Waals surface area contributed by atoms with Crippen LogP contribution in [0.3, 0.4) is 0 Å². The second kappa shape index (κ2) is 10.2. The molecule has 0 atom stereocenters. The standard InChI is InChI=1S/C25H26ClF2N3O/c26-19-7-4-6-18(14-19)16-30-13-5-10-22(30)17-31(21-8-2-1-3-9-21)25(32)29-20-11-12-23(27)24(28)15-20/h4-7,10-15,21H,1-3,8-9,16-17H2,(H,29,32). The van der Waals surface area contributed by atoms with E-state index in [9.17, 15) is 13.6 Å². The molecular formula is C25H26ClF2N3O. The van der Waals surface area contributed by atoms with Crippen LogP contribution >= 0.6 is 11.6 Å². The van der Waals surface area contributed by atoms with E-state index in [1.807, 2.05) is 47.5 Å². The molecule has 1 N–H and O–H groups in total. The molecular weight excluding hydrogens is 432 g/mol. The zero-order valence-corrected chi connectivity index (χ0v) is 18.5. The normalized spacial score (nSPS) is 14.3. The SMILES string of the molecule is O=C(Nc1ccc(F)c(F)c1)N(Cc1cccn1Cc1cccc(Cl)c1)C1CCCCC1. The first kappa shape index (κ1) is 22.3. The van der Waals surface area contributed by atoms with Gasteiger partial charge in [-0.3, -0.25) is 0 Å². The fraction of sp³-hybridized carbons (Fsp3) is 0.320. The van der Waals surface area contributed by atoms with Gasteiger partial charge in [-0.2, -0.15) is 0 Å². The van der Waals surface area contributed by atoms with Gasteiger partial charge in [-0.1, -0.05) is 43.0 Å². The molecule has 7 heteroatoms. The third-order valence-electron chi connectivity index (χ3n) is 5.95. The van der Waals surface area contributed by atoms with Gasteiger partial charge < -0.3 is 14.8 Å². The predicted octanol–water partition coefficient (Wildman–Crippen LogP) is 6.83. The van der Waals surface area contributed by atoms with Crippen molar-refractivity contribution in [3.63, 3.8) is 0 Å². The van der Waals surface area contributed by atoms with Gasteiger partial charge in [0.2, 0.25) is 0 Å². The Kier molecular flexibility index (Phi) is 7.10. The number of amides is 2. The molecule has 1 saturated carbocycles. The number of benzene rings is 2. The lowest BCUT2D eigenvalue weighted by molar-refractivity contribution is 0.161. The van der Waals surface area contributed by atoms with E-state index in [1.165, 1.54) is 12.5 Å². The van der Waals surface area contributed by atoms with E-state index in [1.54, 1.807) is 0 Å². The number of carbonyl (C=O) groups is 1. The Balaban J connectivity index is 1.54. The van der Waals surface area contributed by atoms with E-state index < -0.39 is 11.6 Å². The van der Waals surface area contributed by atoms with Crippen molar-refractivity contribution in [2.45, 2.75) is 51.2 Å². The molecule has 32 heavy (non-hydrogen) atoms. The average molecular weight is 458 g/mol. The van der Waals surface area contributed by atoms with Crippen molar-refractivity contribution in [1.29, 1.82) is 0 Å². The summed E-state index contributed by atoms with van der Waals surface area (Å²) in [7, 11) is 0. The van der Waals surface area contributed by atoms with Crippen LogP contribution in [0.4, 0.5) is 19.3 Å². The van der Waals surface area contributed by atoms with Crippen molar-refractivity contribution >= 4 is 23.3 Å². The van der Waals surface area contributed by atoms with E-state index in [4.69, 9.17) is 11.6 Å². The maximum absolute atomic E-state index is 13.6. The van der Waals surface area contributed by atoms with Crippen LogP contribution in [0.25, 0.3) is 0 Å². The summed E-state index contributed by atoms with van der Waals surface area (Å²) in [5, 5.41) is 3.44. The minimum absolute atomic E-state index is 0.101. The number of aromatic nitrogens is 1. The van der Waals surface area contributed by atoms with E-state index >= 15 is 0 Å². The Bertz CT molecular complexity index is 1080. The van der Waals surface area contributed by atoms with Gasteiger partial charge in [0.1, 0.15) is 0 Å². The summed E-state index contributed by atoms with van der Waals surface area (Å²) in [5.41, 5.74) is 2.31. The van der Waals surface area contributed by atoms with Crippen LogP contribution in [0.15, 0.2) is 60.8 Å². The molecule has 1 heterocycles. The maximum atomic E-state index is 13.6. The Labute approximate surface area is 191 Å². The summed E-state index contributed by atoms with van der Waals surface area (Å²) in [6, 6.07) is 14.9. The van der Waals surface area contributed by atoms with Crippen LogP contribution in [0.2, 0.25) is 5.02 Å². The van der Waals surface area contributed by atoms with Gasteiger partial charge in [-0.05, 0) is 54.8 Å². The lowest BCUT2D eigenvalue weighted by Gasteiger charge is -2.34. The maximum Gasteiger partial charge on any atom is 0.322 e. The number of anilines is 1. The van der Waals surface area contributed by atoms with Crippen molar-refractivity contribution in [3.05, 3.63) is 88.7 Å². The van der Waals surface area contributed by atoms with Crippen LogP contribution in [0.5, 0.6) is 0 Å². The molecule has 1 aliphatic rings. The molecule has 0 radical (unpaired) electrons. The van der Waals surface area contributed by atoms with Crippen LogP contribution in [0.1, 0.15) is 43.4 Å². The topological polar surface area (TPSA) is 37.3 Å². The van der Waals surface area contributed by atoms with Gasteiger partial charge in [-0.15, -0.1) is 0 Å². The summed E-state index contributed by atoms with van der Waals surface area (Å²) in [4.78, 5) is 15.0. The summed E-state index contributed by atoms with van der Waals surface area (Å²) in [5.74, 6) is -1.92. The van der Waals surface area contributed by atoms with Gasteiger partial charge in [0.15, 0.2) is 11.6 Å². The molecule has 3 aromatic rings. The Morgan fingerprint density at radius 2 is 1.84 bits per heavy atom. The van der Waals surface area contributed by atoms with Gasteiger partial charge in [0, 0.05) is 41.3 Å². The first-order valence-corrected chi connectivity index (χ1v) is 11.3. The van der Waals surface area contributed by atoms with Crippen molar-refractivity contribution < 1.29 is 13.6 Å². The highest BCUT2D eigenvalue weighted by atomic mass is 35.5. The van der Waals surface area contributed by atoms with Crippen LogP contribution in [-0.4, -0.2) is 21.5 Å². The Morgan fingerprint density at radius 3 is 2.59 bits per heavy atom. The number of nitrogens with zero attached hydrogens (tertiary/aromatic N) is 2. The molecule has 0 unspecified atom stereocenters. The average Bonchev–Trinajstić information content (AvgIpc) is 3.21.